The van der Waals surface area contributed by atoms with E-state index in [4.69, 9.17) is 5.73 Å². The van der Waals surface area contributed by atoms with E-state index in [0.29, 0.717) is 11.5 Å². The molecule has 0 amide bonds. The first-order valence-corrected chi connectivity index (χ1v) is 5.53. The zero-order valence-corrected chi connectivity index (χ0v) is 9.54. The highest BCUT2D eigenvalue weighted by Gasteiger charge is 2.05. The van der Waals surface area contributed by atoms with Crippen LogP contribution < -0.4 is 11.1 Å². The molecule has 0 atom stereocenters. The van der Waals surface area contributed by atoms with Gasteiger partial charge in [0, 0.05) is 16.8 Å². The molecule has 0 saturated carbocycles. The maximum Gasteiger partial charge on any atom is 0.164 e. The van der Waals surface area contributed by atoms with Crippen LogP contribution in [0.25, 0.3) is 10.9 Å². The summed E-state index contributed by atoms with van der Waals surface area (Å²) in [5.41, 5.74) is 8.16. The van der Waals surface area contributed by atoms with Crippen LogP contribution in [0.15, 0.2) is 48.5 Å². The number of fused-ring (bicyclic) bond motifs is 1. The lowest BCUT2D eigenvalue weighted by Crippen LogP contribution is -1.99. The summed E-state index contributed by atoms with van der Waals surface area (Å²) in [6.45, 7) is 0. The molecule has 0 radical (unpaired) electrons. The Morgan fingerprint density at radius 1 is 0.944 bits per heavy atom. The number of para-hydroxylation sites is 1. The Morgan fingerprint density at radius 3 is 2.61 bits per heavy atom. The van der Waals surface area contributed by atoms with Crippen LogP contribution in [-0.2, 0) is 0 Å². The van der Waals surface area contributed by atoms with Gasteiger partial charge in [-0.3, -0.25) is 0 Å². The predicted octanol–water partition coefficient (Wildman–Crippen LogP) is 2.35. The average molecular weight is 237 g/mol. The van der Waals surface area contributed by atoms with Crippen LogP contribution in [0.1, 0.15) is 0 Å². The Balaban J connectivity index is 2.09. The third-order valence-corrected chi connectivity index (χ3v) is 2.61. The molecular weight excluding hydrogens is 226 g/mol. The van der Waals surface area contributed by atoms with E-state index in [0.717, 1.165) is 16.6 Å². The largest absolute Gasteiger partial charge is 0.399 e. The minimum atomic E-state index is 0.651. The first-order valence-electron chi connectivity index (χ1n) is 5.53. The summed E-state index contributed by atoms with van der Waals surface area (Å²) in [4.78, 5) is 0. The normalized spacial score (nSPS) is 10.4. The fourth-order valence-corrected chi connectivity index (χ4v) is 1.75. The fourth-order valence-electron chi connectivity index (χ4n) is 1.75. The van der Waals surface area contributed by atoms with Crippen LogP contribution in [-0.4, -0.2) is 15.4 Å². The predicted molar refractivity (Wildman–Crippen MR) is 71.5 cm³/mol. The summed E-state index contributed by atoms with van der Waals surface area (Å²) in [5, 5.41) is 15.8. The van der Waals surface area contributed by atoms with Crippen molar-refractivity contribution in [2.24, 2.45) is 0 Å². The summed E-state index contributed by atoms with van der Waals surface area (Å²) >= 11 is 0. The zero-order chi connectivity index (χ0) is 12.4. The Labute approximate surface area is 104 Å². The number of nitrogens with two attached hydrogens (primary N) is 1. The molecule has 0 aliphatic carbocycles. The van der Waals surface area contributed by atoms with Crippen LogP contribution in [0, 0.1) is 0 Å². The summed E-state index contributed by atoms with van der Waals surface area (Å²) in [7, 11) is 0. The molecule has 0 spiro atoms. The fraction of sp³-hybridized carbons (Fsp3) is 0. The molecule has 3 rings (SSSR count). The van der Waals surface area contributed by atoms with Crippen molar-refractivity contribution in [2.75, 3.05) is 11.1 Å². The minimum absolute atomic E-state index is 0.651. The first kappa shape index (κ1) is 10.5. The molecule has 1 aromatic heterocycles. The Kier molecular flexibility index (Phi) is 2.49. The Hall–Kier alpha value is -2.69. The minimum Gasteiger partial charge on any atom is -0.399 e. The third-order valence-electron chi connectivity index (χ3n) is 2.61. The summed E-state index contributed by atoms with van der Waals surface area (Å²) in [6.07, 6.45) is 0. The molecule has 1 heterocycles. The van der Waals surface area contributed by atoms with Crippen LogP contribution in [0.4, 0.5) is 17.2 Å². The first-order chi connectivity index (χ1) is 8.83. The number of anilines is 3. The summed E-state index contributed by atoms with van der Waals surface area (Å²) < 4.78 is 0. The lowest BCUT2D eigenvalue weighted by Gasteiger charge is -2.07. The molecule has 5 heteroatoms. The number of rotatable bonds is 2. The van der Waals surface area contributed by atoms with Gasteiger partial charge in [0.1, 0.15) is 0 Å². The molecule has 0 unspecified atom stereocenters. The highest BCUT2D eigenvalue weighted by Crippen LogP contribution is 2.23. The maximum absolute atomic E-state index is 5.78. The van der Waals surface area contributed by atoms with Crippen LogP contribution in [0.5, 0.6) is 0 Å². The van der Waals surface area contributed by atoms with Gasteiger partial charge in [0.15, 0.2) is 5.82 Å². The van der Waals surface area contributed by atoms with E-state index < -0.39 is 0 Å². The molecule has 0 aliphatic rings. The molecule has 0 fully saturated rings. The second kappa shape index (κ2) is 4.29. The molecule has 2 aromatic carbocycles. The van der Waals surface area contributed by atoms with Crippen molar-refractivity contribution in [3.63, 3.8) is 0 Å². The van der Waals surface area contributed by atoms with Gasteiger partial charge >= 0.3 is 0 Å². The van der Waals surface area contributed by atoms with Gasteiger partial charge < -0.3 is 11.1 Å². The van der Waals surface area contributed by atoms with Crippen molar-refractivity contribution in [3.8, 4) is 0 Å². The Bertz CT molecular complexity index is 681. The number of hydrogen-bond acceptors (Lipinski definition) is 5. The number of hydrogen-bond donors (Lipinski definition) is 2. The molecule has 0 aliphatic heterocycles. The van der Waals surface area contributed by atoms with Gasteiger partial charge in [-0.25, -0.2) is 0 Å². The monoisotopic (exact) mass is 237 g/mol. The van der Waals surface area contributed by atoms with E-state index in [9.17, 15) is 0 Å². The zero-order valence-electron chi connectivity index (χ0n) is 9.54. The number of nitrogen functional groups attached to an aromatic ring is 1. The van der Waals surface area contributed by atoms with Gasteiger partial charge in [0.2, 0.25) is 0 Å². The summed E-state index contributed by atoms with van der Waals surface area (Å²) in [6, 6.07) is 15.2. The lowest BCUT2D eigenvalue weighted by molar-refractivity contribution is 0.901. The molecular formula is C13H11N5. The smallest absolute Gasteiger partial charge is 0.164 e. The van der Waals surface area contributed by atoms with Gasteiger partial charge in [-0.15, -0.1) is 10.2 Å². The van der Waals surface area contributed by atoms with Crippen LogP contribution >= 0.6 is 0 Å². The van der Waals surface area contributed by atoms with E-state index in [2.05, 4.69) is 20.7 Å². The maximum atomic E-state index is 5.78. The number of nitrogens with one attached hydrogen (secondary N) is 1. The second-order valence-corrected chi connectivity index (χ2v) is 3.91. The van der Waals surface area contributed by atoms with E-state index in [-0.39, 0.29) is 0 Å². The highest BCUT2D eigenvalue weighted by molar-refractivity contribution is 5.92. The second-order valence-electron chi connectivity index (χ2n) is 3.91. The van der Waals surface area contributed by atoms with E-state index in [1.807, 2.05) is 42.5 Å². The molecule has 0 saturated heterocycles. The van der Waals surface area contributed by atoms with Crippen molar-refractivity contribution in [3.05, 3.63) is 48.5 Å². The van der Waals surface area contributed by atoms with E-state index in [1.54, 1.807) is 6.07 Å². The molecule has 18 heavy (non-hydrogen) atoms. The number of benzene rings is 2. The summed E-state index contributed by atoms with van der Waals surface area (Å²) in [5.74, 6) is 0.651. The molecule has 0 bridgehead atoms. The lowest BCUT2D eigenvalue weighted by atomic mass is 10.2. The van der Waals surface area contributed by atoms with Gasteiger partial charge in [-0.05, 0) is 35.5 Å². The van der Waals surface area contributed by atoms with Crippen LogP contribution in [0.3, 0.4) is 0 Å². The quantitative estimate of drug-likeness (QED) is 0.669. The van der Waals surface area contributed by atoms with Gasteiger partial charge in [-0.2, -0.15) is 0 Å². The topological polar surface area (TPSA) is 76.7 Å². The van der Waals surface area contributed by atoms with Gasteiger partial charge in [0.05, 0.1) is 5.52 Å². The molecule has 5 nitrogen and oxygen atoms in total. The number of nitrogens with zero attached hydrogens (tertiary/aromatic N) is 3. The SMILES string of the molecule is Nc1ccc2nnnc(Nc3ccccc3)c2c1. The molecule has 3 N–H and O–H groups in total. The molecule has 3 aromatic rings. The van der Waals surface area contributed by atoms with Gasteiger partial charge in [0.25, 0.3) is 0 Å². The van der Waals surface area contributed by atoms with E-state index >= 15 is 0 Å². The van der Waals surface area contributed by atoms with Crippen molar-refractivity contribution in [2.45, 2.75) is 0 Å². The van der Waals surface area contributed by atoms with Crippen molar-refractivity contribution < 1.29 is 0 Å². The standard InChI is InChI=1S/C13H11N5/c14-9-6-7-12-11(8-9)13(17-18-16-12)15-10-4-2-1-3-5-10/h1-8H,14H2,(H,15,16,17). The molecule has 88 valence electrons. The van der Waals surface area contributed by atoms with Crippen LogP contribution in [0.2, 0.25) is 0 Å². The third kappa shape index (κ3) is 1.93. The van der Waals surface area contributed by atoms with Crippen molar-refractivity contribution >= 4 is 28.1 Å². The average Bonchev–Trinajstić information content (AvgIpc) is 2.41. The van der Waals surface area contributed by atoms with Crippen molar-refractivity contribution in [1.82, 2.24) is 15.4 Å². The van der Waals surface area contributed by atoms with Gasteiger partial charge in [-0.1, -0.05) is 18.2 Å². The van der Waals surface area contributed by atoms with Crippen molar-refractivity contribution in [1.29, 1.82) is 0 Å². The van der Waals surface area contributed by atoms with E-state index in [1.165, 1.54) is 0 Å². The highest BCUT2D eigenvalue weighted by atomic mass is 15.3. The number of aromatic nitrogens is 3. The Morgan fingerprint density at radius 2 is 1.78 bits per heavy atom.